The highest BCUT2D eigenvalue weighted by Gasteiger charge is 2.20. The van der Waals surface area contributed by atoms with Gasteiger partial charge >= 0.3 is 0 Å². The number of anilines is 1. The molecule has 3 rings (SSSR count). The second-order valence-corrected chi connectivity index (χ2v) is 7.93. The smallest absolute Gasteiger partial charge is 0.279 e. The van der Waals surface area contributed by atoms with E-state index in [0.29, 0.717) is 24.3 Å². The number of carbonyl (C=O) groups is 2. The van der Waals surface area contributed by atoms with Crippen molar-refractivity contribution in [1.29, 1.82) is 0 Å². The summed E-state index contributed by atoms with van der Waals surface area (Å²) in [5.41, 5.74) is 2.39. The fourth-order valence-electron chi connectivity index (χ4n) is 3.41. The minimum atomic E-state index is -0.0973. The summed E-state index contributed by atoms with van der Waals surface area (Å²) < 4.78 is 0. The number of amides is 2. The molecule has 0 saturated heterocycles. The Bertz CT molecular complexity index is 954. The number of benzene rings is 2. The number of nitrogens with one attached hydrogen (secondary N) is 1. The molecule has 2 amide bonds. The third kappa shape index (κ3) is 5.55. The van der Waals surface area contributed by atoms with Gasteiger partial charge in [0, 0.05) is 29.9 Å². The summed E-state index contributed by atoms with van der Waals surface area (Å²) in [6, 6.07) is 21.5. The van der Waals surface area contributed by atoms with E-state index >= 15 is 0 Å². The average Bonchev–Trinajstić information content (AvgIpc) is 3.30. The predicted octanol–water partition coefficient (Wildman–Crippen LogP) is 3.52. The standard InChI is InChI=1S/C24H27N3O2S/c1-3-27(4-2)24(29)19-12-8-13-20(16-19)26-22(28)17-25-23(21-14-9-15-30-21)18-10-6-5-7-11-18/h5-16,23,25H,3-4,17H2,1-2H3,(H,26,28)/p+1/t23-/m1/s1. The van der Waals surface area contributed by atoms with Crippen LogP contribution in [-0.2, 0) is 4.79 Å². The monoisotopic (exact) mass is 422 g/mol. The van der Waals surface area contributed by atoms with Crippen LogP contribution < -0.4 is 10.6 Å². The molecule has 3 N–H and O–H groups in total. The van der Waals surface area contributed by atoms with Gasteiger partial charge in [-0.2, -0.15) is 0 Å². The lowest BCUT2D eigenvalue weighted by Gasteiger charge is -2.19. The van der Waals surface area contributed by atoms with Crippen molar-refractivity contribution in [3.05, 3.63) is 88.1 Å². The number of carbonyl (C=O) groups excluding carboxylic acids is 2. The van der Waals surface area contributed by atoms with Crippen molar-refractivity contribution in [3.8, 4) is 0 Å². The van der Waals surface area contributed by atoms with Crippen molar-refractivity contribution >= 4 is 28.8 Å². The molecule has 156 valence electrons. The van der Waals surface area contributed by atoms with Gasteiger partial charge in [-0.1, -0.05) is 42.5 Å². The molecule has 0 aliphatic rings. The Labute approximate surface area is 181 Å². The minimum Gasteiger partial charge on any atom is -0.339 e. The zero-order chi connectivity index (χ0) is 21.3. The molecule has 0 aliphatic carbocycles. The van der Waals surface area contributed by atoms with Gasteiger partial charge in [0.2, 0.25) is 0 Å². The first kappa shape index (κ1) is 21.7. The van der Waals surface area contributed by atoms with Crippen molar-refractivity contribution < 1.29 is 14.9 Å². The summed E-state index contributed by atoms with van der Waals surface area (Å²) in [6.07, 6.45) is 0. The van der Waals surface area contributed by atoms with E-state index in [1.165, 1.54) is 10.4 Å². The maximum absolute atomic E-state index is 12.6. The number of nitrogens with zero attached hydrogens (tertiary/aromatic N) is 1. The number of quaternary nitrogens is 1. The van der Waals surface area contributed by atoms with Crippen molar-refractivity contribution in [3.63, 3.8) is 0 Å². The molecular formula is C24H28N3O2S+. The minimum absolute atomic E-state index is 0.0236. The quantitative estimate of drug-likeness (QED) is 0.554. The lowest BCUT2D eigenvalue weighted by Crippen LogP contribution is -2.87. The van der Waals surface area contributed by atoms with Gasteiger partial charge in [0.25, 0.3) is 11.8 Å². The largest absolute Gasteiger partial charge is 0.339 e. The van der Waals surface area contributed by atoms with Crippen molar-refractivity contribution in [1.82, 2.24) is 4.90 Å². The van der Waals surface area contributed by atoms with Crippen LogP contribution in [0.2, 0.25) is 0 Å². The van der Waals surface area contributed by atoms with Gasteiger partial charge in [-0.05, 0) is 43.5 Å². The molecule has 1 atom stereocenters. The Kier molecular flexibility index (Phi) is 7.76. The van der Waals surface area contributed by atoms with E-state index in [-0.39, 0.29) is 24.4 Å². The van der Waals surface area contributed by atoms with E-state index in [0.717, 1.165) is 0 Å². The van der Waals surface area contributed by atoms with Crippen LogP contribution in [0.4, 0.5) is 5.69 Å². The first-order valence-corrected chi connectivity index (χ1v) is 11.1. The highest BCUT2D eigenvalue weighted by Crippen LogP contribution is 2.22. The third-order valence-corrected chi connectivity index (χ3v) is 5.95. The average molecular weight is 423 g/mol. The van der Waals surface area contributed by atoms with Crippen molar-refractivity contribution in [2.45, 2.75) is 19.9 Å². The van der Waals surface area contributed by atoms with Crippen LogP contribution in [0.25, 0.3) is 0 Å². The Morgan fingerprint density at radius 1 is 1.00 bits per heavy atom. The van der Waals surface area contributed by atoms with E-state index in [1.54, 1.807) is 34.4 Å². The number of thiophene rings is 1. The summed E-state index contributed by atoms with van der Waals surface area (Å²) in [7, 11) is 0. The summed E-state index contributed by atoms with van der Waals surface area (Å²) in [5.74, 6) is -0.121. The molecule has 0 spiro atoms. The zero-order valence-electron chi connectivity index (χ0n) is 17.4. The molecule has 6 heteroatoms. The highest BCUT2D eigenvalue weighted by molar-refractivity contribution is 7.10. The summed E-state index contributed by atoms with van der Waals surface area (Å²) in [5, 5.41) is 7.02. The molecule has 30 heavy (non-hydrogen) atoms. The maximum Gasteiger partial charge on any atom is 0.279 e. The van der Waals surface area contributed by atoms with E-state index in [4.69, 9.17) is 0 Å². The Balaban J connectivity index is 1.65. The zero-order valence-corrected chi connectivity index (χ0v) is 18.2. The van der Waals surface area contributed by atoms with E-state index < -0.39 is 0 Å². The van der Waals surface area contributed by atoms with E-state index in [2.05, 4.69) is 28.9 Å². The normalized spacial score (nSPS) is 11.7. The molecule has 0 bridgehead atoms. The molecule has 0 unspecified atom stereocenters. The van der Waals surface area contributed by atoms with Gasteiger partial charge in [-0.25, -0.2) is 0 Å². The third-order valence-electron chi connectivity index (χ3n) is 4.99. The van der Waals surface area contributed by atoms with Gasteiger partial charge in [-0.3, -0.25) is 9.59 Å². The maximum atomic E-state index is 12.6. The van der Waals surface area contributed by atoms with Gasteiger partial charge in [0.05, 0.1) is 4.88 Å². The van der Waals surface area contributed by atoms with Crippen LogP contribution in [0.3, 0.4) is 0 Å². The summed E-state index contributed by atoms with van der Waals surface area (Å²) in [6.45, 7) is 5.51. The first-order valence-electron chi connectivity index (χ1n) is 10.2. The van der Waals surface area contributed by atoms with Crippen LogP contribution in [0.1, 0.15) is 40.7 Å². The number of hydrogen-bond acceptors (Lipinski definition) is 3. The SMILES string of the molecule is CCN(CC)C(=O)c1cccc(NC(=O)C[NH2+][C@H](c2ccccc2)c2cccs2)c1. The van der Waals surface area contributed by atoms with Gasteiger partial charge < -0.3 is 15.5 Å². The Morgan fingerprint density at radius 2 is 1.77 bits per heavy atom. The van der Waals surface area contributed by atoms with Crippen LogP contribution >= 0.6 is 11.3 Å². The molecule has 3 aromatic rings. The van der Waals surface area contributed by atoms with Crippen LogP contribution in [0.15, 0.2) is 72.1 Å². The van der Waals surface area contributed by atoms with E-state index in [9.17, 15) is 9.59 Å². The highest BCUT2D eigenvalue weighted by atomic mass is 32.1. The van der Waals surface area contributed by atoms with Crippen LogP contribution in [-0.4, -0.2) is 36.3 Å². The molecule has 5 nitrogen and oxygen atoms in total. The molecule has 0 saturated carbocycles. The summed E-state index contributed by atoms with van der Waals surface area (Å²) >= 11 is 1.69. The second kappa shape index (κ2) is 10.7. The molecule has 0 aliphatic heterocycles. The first-order chi connectivity index (χ1) is 14.6. The molecule has 0 fully saturated rings. The molecule has 1 heterocycles. The fraction of sp³-hybridized carbons (Fsp3) is 0.250. The summed E-state index contributed by atoms with van der Waals surface area (Å²) in [4.78, 5) is 28.1. The van der Waals surface area contributed by atoms with Crippen molar-refractivity contribution in [2.75, 3.05) is 25.0 Å². The second-order valence-electron chi connectivity index (χ2n) is 6.95. The Hall–Kier alpha value is -2.96. The molecule has 0 radical (unpaired) electrons. The number of rotatable bonds is 9. The molecular weight excluding hydrogens is 394 g/mol. The van der Waals surface area contributed by atoms with Crippen LogP contribution in [0, 0.1) is 0 Å². The van der Waals surface area contributed by atoms with E-state index in [1.807, 2.05) is 49.5 Å². The lowest BCUT2D eigenvalue weighted by molar-refractivity contribution is -0.675. The molecule has 2 aromatic carbocycles. The number of nitrogens with two attached hydrogens (primary N) is 1. The lowest BCUT2D eigenvalue weighted by atomic mass is 10.1. The van der Waals surface area contributed by atoms with Gasteiger partial charge in [-0.15, -0.1) is 11.3 Å². The topological polar surface area (TPSA) is 66.0 Å². The molecule has 1 aromatic heterocycles. The predicted molar refractivity (Wildman–Crippen MR) is 122 cm³/mol. The number of hydrogen-bond donors (Lipinski definition) is 2. The van der Waals surface area contributed by atoms with Crippen LogP contribution in [0.5, 0.6) is 0 Å². The van der Waals surface area contributed by atoms with Gasteiger partial charge in [0.15, 0.2) is 6.54 Å². The Morgan fingerprint density at radius 3 is 2.43 bits per heavy atom. The van der Waals surface area contributed by atoms with Crippen molar-refractivity contribution in [2.24, 2.45) is 0 Å². The van der Waals surface area contributed by atoms with Gasteiger partial charge in [0.1, 0.15) is 6.04 Å². The fourth-order valence-corrected chi connectivity index (χ4v) is 4.26.